The van der Waals surface area contributed by atoms with Gasteiger partial charge in [-0.1, -0.05) is 55.8 Å². The quantitative estimate of drug-likeness (QED) is 0.829. The zero-order chi connectivity index (χ0) is 14.8. The van der Waals surface area contributed by atoms with Crippen LogP contribution in [0.4, 0.5) is 0 Å². The van der Waals surface area contributed by atoms with E-state index in [1.807, 2.05) is 37.3 Å². The second-order valence-electron chi connectivity index (χ2n) is 6.27. The maximum Gasteiger partial charge on any atom is 0.113 e. The fourth-order valence-corrected chi connectivity index (χ4v) is 2.89. The van der Waals surface area contributed by atoms with Gasteiger partial charge in [0.15, 0.2) is 0 Å². The molecule has 0 spiro atoms. The maximum atomic E-state index is 11.3. The molecule has 0 bridgehead atoms. The van der Waals surface area contributed by atoms with Gasteiger partial charge in [0.2, 0.25) is 0 Å². The van der Waals surface area contributed by atoms with E-state index in [4.69, 9.17) is 5.11 Å². The van der Waals surface area contributed by atoms with E-state index in [1.54, 1.807) is 6.08 Å². The van der Waals surface area contributed by atoms with Crippen LogP contribution in [-0.2, 0) is 12.0 Å². The Hall–Kier alpha value is -1.38. The SMILES string of the molecule is CC(C=CC1(O)c2ccccc2CCC1(C)C)=CCO. The van der Waals surface area contributed by atoms with Gasteiger partial charge in [0.05, 0.1) is 6.61 Å². The summed E-state index contributed by atoms with van der Waals surface area (Å²) in [4.78, 5) is 0. The first kappa shape index (κ1) is 15.0. The molecular formula is C18H24O2. The topological polar surface area (TPSA) is 40.5 Å². The fraction of sp³-hybridized carbons (Fsp3) is 0.444. The van der Waals surface area contributed by atoms with Gasteiger partial charge in [-0.2, -0.15) is 0 Å². The summed E-state index contributed by atoms with van der Waals surface area (Å²) >= 11 is 0. The van der Waals surface area contributed by atoms with Crippen molar-refractivity contribution in [1.29, 1.82) is 0 Å². The Kier molecular flexibility index (Phi) is 4.17. The highest BCUT2D eigenvalue weighted by molar-refractivity contribution is 5.41. The maximum absolute atomic E-state index is 11.3. The number of hydrogen-bond acceptors (Lipinski definition) is 2. The molecule has 1 aromatic carbocycles. The second-order valence-corrected chi connectivity index (χ2v) is 6.27. The van der Waals surface area contributed by atoms with Crippen LogP contribution in [0.3, 0.4) is 0 Å². The summed E-state index contributed by atoms with van der Waals surface area (Å²) < 4.78 is 0. The minimum atomic E-state index is -0.966. The first-order valence-corrected chi connectivity index (χ1v) is 7.18. The van der Waals surface area contributed by atoms with Crippen LogP contribution >= 0.6 is 0 Å². The normalized spacial score (nSPS) is 25.8. The van der Waals surface area contributed by atoms with Crippen molar-refractivity contribution in [2.75, 3.05) is 6.61 Å². The molecule has 1 atom stereocenters. The van der Waals surface area contributed by atoms with E-state index in [-0.39, 0.29) is 12.0 Å². The molecule has 2 heteroatoms. The van der Waals surface area contributed by atoms with Crippen molar-refractivity contribution in [2.45, 2.75) is 39.2 Å². The number of allylic oxidation sites excluding steroid dienone is 2. The average molecular weight is 272 g/mol. The molecule has 0 amide bonds. The highest BCUT2D eigenvalue weighted by Gasteiger charge is 2.46. The Morgan fingerprint density at radius 3 is 2.70 bits per heavy atom. The number of fused-ring (bicyclic) bond motifs is 1. The van der Waals surface area contributed by atoms with Crippen molar-refractivity contribution < 1.29 is 10.2 Å². The van der Waals surface area contributed by atoms with Crippen LogP contribution in [0.5, 0.6) is 0 Å². The van der Waals surface area contributed by atoms with Gasteiger partial charge < -0.3 is 10.2 Å². The van der Waals surface area contributed by atoms with Crippen LogP contribution < -0.4 is 0 Å². The van der Waals surface area contributed by atoms with Gasteiger partial charge >= 0.3 is 0 Å². The van der Waals surface area contributed by atoms with Gasteiger partial charge in [-0.05, 0) is 37.0 Å². The van der Waals surface area contributed by atoms with E-state index < -0.39 is 5.60 Å². The number of hydrogen-bond donors (Lipinski definition) is 2. The first-order valence-electron chi connectivity index (χ1n) is 7.18. The van der Waals surface area contributed by atoms with E-state index in [2.05, 4.69) is 19.9 Å². The van der Waals surface area contributed by atoms with E-state index in [1.165, 1.54) is 5.56 Å². The molecule has 0 radical (unpaired) electrons. The molecule has 1 aromatic rings. The van der Waals surface area contributed by atoms with Crippen LogP contribution in [0.2, 0.25) is 0 Å². The van der Waals surface area contributed by atoms with Crippen LogP contribution in [0.1, 0.15) is 38.3 Å². The van der Waals surface area contributed by atoms with Crippen LogP contribution in [-0.4, -0.2) is 16.8 Å². The third kappa shape index (κ3) is 2.58. The largest absolute Gasteiger partial charge is 0.392 e. The minimum absolute atomic E-state index is 0.0224. The van der Waals surface area contributed by atoms with Crippen molar-refractivity contribution in [3.8, 4) is 0 Å². The third-order valence-electron chi connectivity index (χ3n) is 4.48. The van der Waals surface area contributed by atoms with Gasteiger partial charge in [-0.25, -0.2) is 0 Å². The number of aryl methyl sites for hydroxylation is 1. The van der Waals surface area contributed by atoms with Gasteiger partial charge in [-0.15, -0.1) is 0 Å². The van der Waals surface area contributed by atoms with Gasteiger partial charge in [0.1, 0.15) is 5.60 Å². The smallest absolute Gasteiger partial charge is 0.113 e. The van der Waals surface area contributed by atoms with Crippen molar-refractivity contribution in [3.63, 3.8) is 0 Å². The molecule has 108 valence electrons. The van der Waals surface area contributed by atoms with E-state index >= 15 is 0 Å². The van der Waals surface area contributed by atoms with E-state index in [0.717, 1.165) is 24.0 Å². The van der Waals surface area contributed by atoms with E-state index in [0.29, 0.717) is 0 Å². The minimum Gasteiger partial charge on any atom is -0.392 e. The average Bonchev–Trinajstić information content (AvgIpc) is 2.42. The molecule has 0 fully saturated rings. The monoisotopic (exact) mass is 272 g/mol. The lowest BCUT2D eigenvalue weighted by Crippen LogP contribution is -2.44. The summed E-state index contributed by atoms with van der Waals surface area (Å²) in [6.07, 6.45) is 7.48. The lowest BCUT2D eigenvalue weighted by atomic mass is 9.62. The summed E-state index contributed by atoms with van der Waals surface area (Å²) in [6.45, 7) is 6.17. The molecule has 1 aliphatic carbocycles. The number of benzene rings is 1. The molecule has 0 saturated carbocycles. The highest BCUT2D eigenvalue weighted by atomic mass is 16.3. The Balaban J connectivity index is 2.47. The molecule has 0 heterocycles. The number of aliphatic hydroxyl groups is 2. The molecule has 2 rings (SSSR count). The molecule has 2 nitrogen and oxygen atoms in total. The molecule has 0 aromatic heterocycles. The molecule has 1 unspecified atom stereocenters. The van der Waals surface area contributed by atoms with Gasteiger partial charge in [0, 0.05) is 5.41 Å². The fourth-order valence-electron chi connectivity index (χ4n) is 2.89. The van der Waals surface area contributed by atoms with Crippen molar-refractivity contribution in [1.82, 2.24) is 0 Å². The lowest BCUT2D eigenvalue weighted by molar-refractivity contribution is -0.0427. The molecule has 0 saturated heterocycles. The predicted molar refractivity (Wildman–Crippen MR) is 82.4 cm³/mol. The van der Waals surface area contributed by atoms with E-state index in [9.17, 15) is 5.11 Å². The second kappa shape index (κ2) is 5.55. The third-order valence-corrected chi connectivity index (χ3v) is 4.48. The standard InChI is InChI=1S/C18H24O2/c1-14(10-13-19)8-12-18(20)16-7-5-4-6-15(16)9-11-17(18,2)3/h4-8,10,12,19-20H,9,11,13H2,1-3H3. The zero-order valence-corrected chi connectivity index (χ0v) is 12.6. The highest BCUT2D eigenvalue weighted by Crippen LogP contribution is 2.49. The van der Waals surface area contributed by atoms with Crippen molar-refractivity contribution >= 4 is 0 Å². The Labute approximate surface area is 121 Å². The van der Waals surface area contributed by atoms with Crippen LogP contribution in [0.15, 0.2) is 48.1 Å². The zero-order valence-electron chi connectivity index (χ0n) is 12.6. The molecule has 1 aliphatic rings. The van der Waals surface area contributed by atoms with Crippen LogP contribution in [0.25, 0.3) is 0 Å². The summed E-state index contributed by atoms with van der Waals surface area (Å²) in [7, 11) is 0. The summed E-state index contributed by atoms with van der Waals surface area (Å²) in [6, 6.07) is 8.12. The predicted octanol–water partition coefficient (Wildman–Crippen LogP) is 3.34. The summed E-state index contributed by atoms with van der Waals surface area (Å²) in [5.74, 6) is 0. The van der Waals surface area contributed by atoms with Crippen molar-refractivity contribution in [2.24, 2.45) is 5.41 Å². The van der Waals surface area contributed by atoms with Crippen molar-refractivity contribution in [3.05, 3.63) is 59.2 Å². The first-order chi connectivity index (χ1) is 9.40. The summed E-state index contributed by atoms with van der Waals surface area (Å²) in [5.41, 5.74) is 2.01. The molecule has 0 aliphatic heterocycles. The van der Waals surface area contributed by atoms with Gasteiger partial charge in [0.25, 0.3) is 0 Å². The Morgan fingerprint density at radius 2 is 2.00 bits per heavy atom. The molecule has 2 N–H and O–H groups in total. The summed E-state index contributed by atoms with van der Waals surface area (Å²) in [5, 5.41) is 20.2. The molecule has 20 heavy (non-hydrogen) atoms. The Bertz CT molecular complexity index is 540. The van der Waals surface area contributed by atoms with Crippen LogP contribution in [0, 0.1) is 5.41 Å². The number of aliphatic hydroxyl groups excluding tert-OH is 1. The van der Waals surface area contributed by atoms with Gasteiger partial charge in [-0.3, -0.25) is 0 Å². The Morgan fingerprint density at radius 1 is 1.30 bits per heavy atom. The lowest BCUT2D eigenvalue weighted by Gasteiger charge is -2.46. The molecular weight excluding hydrogens is 248 g/mol. The number of rotatable bonds is 3.